The van der Waals surface area contributed by atoms with Gasteiger partial charge >= 0.3 is 0 Å². The van der Waals surface area contributed by atoms with Gasteiger partial charge in [0.05, 0.1) is 0 Å². The van der Waals surface area contributed by atoms with Gasteiger partial charge < -0.3 is 5.11 Å². The normalized spacial score (nSPS) is 35.8. The third kappa shape index (κ3) is 1.53. The Bertz CT molecular complexity index is 529. The van der Waals surface area contributed by atoms with Crippen LogP contribution in [0.4, 0.5) is 0 Å². The number of rotatable bonds is 1. The molecule has 0 radical (unpaired) electrons. The Labute approximate surface area is 117 Å². The molecule has 0 aliphatic heterocycles. The van der Waals surface area contributed by atoms with Crippen molar-refractivity contribution >= 4 is 0 Å². The van der Waals surface area contributed by atoms with Crippen molar-refractivity contribution < 1.29 is 5.11 Å². The Kier molecular flexibility index (Phi) is 2.59. The van der Waals surface area contributed by atoms with Gasteiger partial charge in [0, 0.05) is 0 Å². The van der Waals surface area contributed by atoms with E-state index >= 15 is 0 Å². The fraction of sp³-hybridized carbons (Fsp3) is 0.667. The quantitative estimate of drug-likeness (QED) is 0.756. The van der Waals surface area contributed by atoms with E-state index in [0.29, 0.717) is 22.5 Å². The van der Waals surface area contributed by atoms with Crippen LogP contribution in [0.15, 0.2) is 12.1 Å². The van der Waals surface area contributed by atoms with Crippen LogP contribution < -0.4 is 0 Å². The highest BCUT2D eigenvalue weighted by Gasteiger charge is 2.61. The first-order valence-electron chi connectivity index (χ1n) is 7.57. The van der Waals surface area contributed by atoms with E-state index in [1.807, 2.05) is 6.92 Å². The molecule has 3 atom stereocenters. The predicted octanol–water partition coefficient (Wildman–Crippen LogP) is 4.94. The summed E-state index contributed by atoms with van der Waals surface area (Å²) in [5.41, 5.74) is 4.25. The Morgan fingerprint density at radius 1 is 1.16 bits per heavy atom. The number of phenols is 1. The summed E-state index contributed by atoms with van der Waals surface area (Å²) < 4.78 is 0. The zero-order valence-electron chi connectivity index (χ0n) is 12.9. The summed E-state index contributed by atoms with van der Waals surface area (Å²) in [5, 5.41) is 10.5. The Hall–Kier alpha value is -0.980. The van der Waals surface area contributed by atoms with Crippen LogP contribution in [0.2, 0.25) is 0 Å². The van der Waals surface area contributed by atoms with Crippen molar-refractivity contribution in [3.05, 3.63) is 28.8 Å². The molecule has 2 fully saturated rings. The highest BCUT2D eigenvalue weighted by Crippen LogP contribution is 2.71. The van der Waals surface area contributed by atoms with Gasteiger partial charge in [0.15, 0.2) is 0 Å². The molecule has 2 aliphatic carbocycles. The SMILES string of the molecule is Cc1cc(C)c(O)c([C@H]2C[C@@H]3CC[C@]2(C)C3(C)C)c1. The molecule has 0 spiro atoms. The van der Waals surface area contributed by atoms with Gasteiger partial charge in [0.1, 0.15) is 5.75 Å². The Balaban J connectivity index is 2.11. The van der Waals surface area contributed by atoms with Crippen LogP contribution in [-0.2, 0) is 0 Å². The first kappa shape index (κ1) is 13.0. The molecule has 3 rings (SSSR count). The van der Waals surface area contributed by atoms with Crippen molar-refractivity contribution in [2.75, 3.05) is 0 Å². The highest BCUT2D eigenvalue weighted by molar-refractivity contribution is 5.46. The topological polar surface area (TPSA) is 20.2 Å². The standard InChI is InChI=1S/C18H26O/c1-11-8-12(2)16(19)14(9-11)15-10-13-6-7-18(15,5)17(13,3)4/h8-9,13,15,19H,6-7,10H2,1-5H3/t13-,15+,18-/m0/s1. The summed E-state index contributed by atoms with van der Waals surface area (Å²) in [6.07, 6.45) is 3.92. The molecular weight excluding hydrogens is 232 g/mol. The molecule has 2 saturated carbocycles. The number of phenolic OH excluding ortho intramolecular Hbond substituents is 1. The summed E-state index contributed by atoms with van der Waals surface area (Å²) in [6.45, 7) is 11.5. The van der Waals surface area contributed by atoms with E-state index in [4.69, 9.17) is 0 Å². The van der Waals surface area contributed by atoms with Gasteiger partial charge in [-0.05, 0) is 66.9 Å². The smallest absolute Gasteiger partial charge is 0.121 e. The number of aromatic hydroxyl groups is 1. The van der Waals surface area contributed by atoms with Gasteiger partial charge in [-0.3, -0.25) is 0 Å². The van der Waals surface area contributed by atoms with Crippen LogP contribution in [0.5, 0.6) is 5.75 Å². The molecule has 0 unspecified atom stereocenters. The fourth-order valence-electron chi connectivity index (χ4n) is 4.93. The molecule has 0 aromatic heterocycles. The zero-order valence-corrected chi connectivity index (χ0v) is 12.9. The minimum absolute atomic E-state index is 0.343. The molecule has 19 heavy (non-hydrogen) atoms. The van der Waals surface area contributed by atoms with Gasteiger partial charge in [-0.1, -0.05) is 38.5 Å². The van der Waals surface area contributed by atoms with Gasteiger partial charge in [0.2, 0.25) is 0 Å². The first-order chi connectivity index (χ1) is 8.77. The molecular formula is C18H26O. The number of benzene rings is 1. The van der Waals surface area contributed by atoms with Crippen LogP contribution in [-0.4, -0.2) is 5.11 Å². The van der Waals surface area contributed by atoms with E-state index in [-0.39, 0.29) is 0 Å². The predicted molar refractivity (Wildman–Crippen MR) is 79.6 cm³/mol. The van der Waals surface area contributed by atoms with Crippen molar-refractivity contribution in [3.63, 3.8) is 0 Å². The lowest BCUT2D eigenvalue weighted by atomic mass is 9.64. The molecule has 1 nitrogen and oxygen atoms in total. The van der Waals surface area contributed by atoms with Crippen LogP contribution in [0, 0.1) is 30.6 Å². The van der Waals surface area contributed by atoms with Crippen molar-refractivity contribution in [1.82, 2.24) is 0 Å². The van der Waals surface area contributed by atoms with E-state index in [9.17, 15) is 5.11 Å². The zero-order chi connectivity index (χ0) is 14.0. The van der Waals surface area contributed by atoms with E-state index < -0.39 is 0 Å². The molecule has 104 valence electrons. The highest BCUT2D eigenvalue weighted by atomic mass is 16.3. The lowest BCUT2D eigenvalue weighted by Crippen LogP contribution is -2.31. The van der Waals surface area contributed by atoms with Crippen LogP contribution in [0.1, 0.15) is 62.6 Å². The van der Waals surface area contributed by atoms with Crippen molar-refractivity contribution in [2.24, 2.45) is 16.7 Å². The summed E-state index contributed by atoms with van der Waals surface area (Å²) in [6, 6.07) is 4.30. The molecule has 1 heteroatoms. The van der Waals surface area contributed by atoms with Gasteiger partial charge in [-0.25, -0.2) is 0 Å². The molecule has 1 aromatic rings. The second-order valence-corrected chi connectivity index (χ2v) is 7.68. The summed E-state index contributed by atoms with van der Waals surface area (Å²) >= 11 is 0. The maximum absolute atomic E-state index is 10.5. The number of fused-ring (bicyclic) bond motifs is 2. The minimum Gasteiger partial charge on any atom is -0.507 e. The minimum atomic E-state index is 0.343. The Morgan fingerprint density at radius 3 is 2.37 bits per heavy atom. The van der Waals surface area contributed by atoms with Crippen molar-refractivity contribution in [1.29, 1.82) is 0 Å². The molecule has 1 N–H and O–H groups in total. The second-order valence-electron chi connectivity index (χ2n) is 7.68. The number of hydrogen-bond acceptors (Lipinski definition) is 1. The van der Waals surface area contributed by atoms with Crippen LogP contribution >= 0.6 is 0 Å². The van der Waals surface area contributed by atoms with E-state index in [1.165, 1.54) is 30.4 Å². The third-order valence-corrected chi connectivity index (χ3v) is 6.64. The Morgan fingerprint density at radius 2 is 1.84 bits per heavy atom. The third-order valence-electron chi connectivity index (χ3n) is 6.64. The van der Waals surface area contributed by atoms with E-state index in [2.05, 4.69) is 39.8 Å². The summed E-state index contributed by atoms with van der Waals surface area (Å²) in [4.78, 5) is 0. The van der Waals surface area contributed by atoms with Crippen molar-refractivity contribution in [3.8, 4) is 5.75 Å². The molecule has 0 amide bonds. The van der Waals surface area contributed by atoms with E-state index in [0.717, 1.165) is 11.5 Å². The first-order valence-corrected chi connectivity index (χ1v) is 7.57. The molecule has 0 heterocycles. The number of hydrogen-bond donors (Lipinski definition) is 1. The average Bonchev–Trinajstić information content (AvgIpc) is 2.66. The monoisotopic (exact) mass is 258 g/mol. The maximum atomic E-state index is 10.5. The molecule has 1 aromatic carbocycles. The van der Waals surface area contributed by atoms with Gasteiger partial charge in [-0.15, -0.1) is 0 Å². The van der Waals surface area contributed by atoms with Crippen LogP contribution in [0.3, 0.4) is 0 Å². The fourth-order valence-corrected chi connectivity index (χ4v) is 4.93. The van der Waals surface area contributed by atoms with Gasteiger partial charge in [-0.2, -0.15) is 0 Å². The number of aryl methyl sites for hydroxylation is 2. The molecule has 2 bridgehead atoms. The van der Waals surface area contributed by atoms with Crippen molar-refractivity contribution in [2.45, 2.75) is 59.8 Å². The van der Waals surface area contributed by atoms with Gasteiger partial charge in [0.25, 0.3) is 0 Å². The second kappa shape index (κ2) is 3.77. The molecule has 2 aliphatic rings. The summed E-state index contributed by atoms with van der Waals surface area (Å²) in [7, 11) is 0. The van der Waals surface area contributed by atoms with E-state index in [1.54, 1.807) is 0 Å². The molecule has 0 saturated heterocycles. The lowest BCUT2D eigenvalue weighted by Gasteiger charge is -2.40. The average molecular weight is 258 g/mol. The van der Waals surface area contributed by atoms with Crippen LogP contribution in [0.25, 0.3) is 0 Å². The maximum Gasteiger partial charge on any atom is 0.121 e. The summed E-state index contributed by atoms with van der Waals surface area (Å²) in [5.74, 6) is 1.89. The largest absolute Gasteiger partial charge is 0.507 e. The lowest BCUT2D eigenvalue weighted by molar-refractivity contribution is 0.133.